The summed E-state index contributed by atoms with van der Waals surface area (Å²) in [6, 6.07) is 24.8. The van der Waals surface area contributed by atoms with Gasteiger partial charge >= 0.3 is 0 Å². The fourth-order valence-corrected chi connectivity index (χ4v) is 4.55. The topological polar surface area (TPSA) is 54.5 Å². The lowest BCUT2D eigenvalue weighted by Crippen LogP contribution is -2.28. The van der Waals surface area contributed by atoms with Crippen LogP contribution in [-0.4, -0.2) is 29.4 Å². The van der Waals surface area contributed by atoms with Gasteiger partial charge in [0.1, 0.15) is 5.75 Å². The van der Waals surface area contributed by atoms with Crippen molar-refractivity contribution in [2.45, 2.75) is 26.1 Å². The molecule has 5 nitrogen and oxygen atoms in total. The third-order valence-corrected chi connectivity index (χ3v) is 6.84. The van der Waals surface area contributed by atoms with Crippen LogP contribution in [0.25, 0.3) is 11.1 Å². The monoisotopic (exact) mass is 471 g/mol. The molecular weight excluding hydrogens is 442 g/mol. The number of thiophene rings is 1. The van der Waals surface area contributed by atoms with E-state index in [1.807, 2.05) is 42.5 Å². The molecule has 34 heavy (non-hydrogen) atoms. The number of benzene rings is 2. The highest BCUT2D eigenvalue weighted by Crippen LogP contribution is 2.31. The summed E-state index contributed by atoms with van der Waals surface area (Å²) >= 11 is 1.76. The Kier molecular flexibility index (Phi) is 8.07. The third kappa shape index (κ3) is 6.31. The maximum absolute atomic E-state index is 12.4. The Morgan fingerprint density at radius 1 is 1.03 bits per heavy atom. The van der Waals surface area contributed by atoms with Crippen LogP contribution in [-0.2, 0) is 17.9 Å². The molecule has 4 rings (SSSR count). The van der Waals surface area contributed by atoms with E-state index in [4.69, 9.17) is 4.74 Å². The van der Waals surface area contributed by atoms with Gasteiger partial charge in [0.05, 0.1) is 0 Å². The minimum Gasteiger partial charge on any atom is -0.483 e. The minimum absolute atomic E-state index is 0.0348. The van der Waals surface area contributed by atoms with E-state index < -0.39 is 0 Å². The Balaban J connectivity index is 1.48. The molecule has 0 unspecified atom stereocenters. The molecular formula is C28H29N3O2S. The second-order valence-electron chi connectivity index (χ2n) is 8.22. The number of nitrogens with zero attached hydrogens (tertiary/aromatic N) is 2. The van der Waals surface area contributed by atoms with Gasteiger partial charge in [0.15, 0.2) is 6.61 Å². The highest BCUT2D eigenvalue weighted by atomic mass is 32.1. The molecule has 1 atom stereocenters. The fraction of sp³-hybridized carbons (Fsp3) is 0.214. The van der Waals surface area contributed by atoms with Gasteiger partial charge in [0.2, 0.25) is 0 Å². The molecule has 4 aromatic rings. The third-order valence-electron chi connectivity index (χ3n) is 5.80. The quantitative estimate of drug-likeness (QED) is 0.322. The molecule has 1 N–H and O–H groups in total. The van der Waals surface area contributed by atoms with Gasteiger partial charge in [-0.1, -0.05) is 42.5 Å². The Bertz CT molecular complexity index is 1180. The lowest BCUT2D eigenvalue weighted by atomic mass is 10.0. The first-order valence-electron chi connectivity index (χ1n) is 11.3. The lowest BCUT2D eigenvalue weighted by Gasteiger charge is -2.25. The molecule has 1 amide bonds. The van der Waals surface area contributed by atoms with E-state index in [2.05, 4.69) is 64.9 Å². The molecule has 0 aliphatic carbocycles. The van der Waals surface area contributed by atoms with Crippen molar-refractivity contribution in [1.82, 2.24) is 15.2 Å². The van der Waals surface area contributed by atoms with Gasteiger partial charge in [-0.05, 0) is 66.4 Å². The first-order valence-corrected chi connectivity index (χ1v) is 12.2. The van der Waals surface area contributed by atoms with E-state index in [9.17, 15) is 4.79 Å². The van der Waals surface area contributed by atoms with E-state index in [0.29, 0.717) is 13.1 Å². The summed E-state index contributed by atoms with van der Waals surface area (Å²) in [7, 11) is 2.12. The zero-order valence-electron chi connectivity index (χ0n) is 19.5. The number of aromatic nitrogens is 1. The van der Waals surface area contributed by atoms with Crippen molar-refractivity contribution in [3.63, 3.8) is 0 Å². The molecule has 0 bridgehead atoms. The highest BCUT2D eigenvalue weighted by Gasteiger charge is 2.16. The number of pyridine rings is 1. The molecule has 2 aromatic carbocycles. The van der Waals surface area contributed by atoms with Crippen LogP contribution in [0.3, 0.4) is 0 Å². The predicted molar refractivity (Wildman–Crippen MR) is 138 cm³/mol. The van der Waals surface area contributed by atoms with E-state index in [1.165, 1.54) is 4.88 Å². The Morgan fingerprint density at radius 2 is 1.82 bits per heavy atom. The van der Waals surface area contributed by atoms with Gasteiger partial charge in [-0.3, -0.25) is 14.7 Å². The van der Waals surface area contributed by atoms with Crippen molar-refractivity contribution >= 4 is 17.2 Å². The maximum atomic E-state index is 12.4. The Morgan fingerprint density at radius 3 is 2.56 bits per heavy atom. The fourth-order valence-electron chi connectivity index (χ4n) is 3.70. The van der Waals surface area contributed by atoms with Crippen LogP contribution in [0.2, 0.25) is 0 Å². The van der Waals surface area contributed by atoms with Crippen molar-refractivity contribution < 1.29 is 9.53 Å². The maximum Gasteiger partial charge on any atom is 0.258 e. The van der Waals surface area contributed by atoms with Crippen molar-refractivity contribution in [2.75, 3.05) is 13.7 Å². The molecule has 0 aliphatic rings. The molecule has 6 heteroatoms. The van der Waals surface area contributed by atoms with E-state index >= 15 is 0 Å². The number of hydrogen-bond acceptors (Lipinski definition) is 5. The van der Waals surface area contributed by atoms with Crippen LogP contribution >= 0.6 is 11.3 Å². The highest BCUT2D eigenvalue weighted by molar-refractivity contribution is 7.10. The molecule has 0 spiro atoms. The van der Waals surface area contributed by atoms with Crippen molar-refractivity contribution in [3.8, 4) is 16.9 Å². The smallest absolute Gasteiger partial charge is 0.258 e. The van der Waals surface area contributed by atoms with E-state index in [1.54, 1.807) is 23.7 Å². The number of rotatable bonds is 10. The molecule has 2 heterocycles. The van der Waals surface area contributed by atoms with Gasteiger partial charge in [-0.15, -0.1) is 11.3 Å². The number of ether oxygens (including phenoxy) is 1. The van der Waals surface area contributed by atoms with Crippen LogP contribution in [0.1, 0.15) is 29.0 Å². The van der Waals surface area contributed by atoms with Crippen LogP contribution < -0.4 is 10.1 Å². The summed E-state index contributed by atoms with van der Waals surface area (Å²) in [4.78, 5) is 20.0. The zero-order valence-corrected chi connectivity index (χ0v) is 20.3. The zero-order chi connectivity index (χ0) is 23.8. The van der Waals surface area contributed by atoms with Gasteiger partial charge in [-0.2, -0.15) is 0 Å². The number of carbonyl (C=O) groups is 1. The molecule has 0 saturated heterocycles. The van der Waals surface area contributed by atoms with Crippen molar-refractivity contribution in [1.29, 1.82) is 0 Å². The Hall–Kier alpha value is -3.48. The van der Waals surface area contributed by atoms with Gasteiger partial charge in [-0.25, -0.2) is 0 Å². The largest absolute Gasteiger partial charge is 0.483 e. The van der Waals surface area contributed by atoms with Gasteiger partial charge in [0.25, 0.3) is 5.91 Å². The van der Waals surface area contributed by atoms with E-state index in [0.717, 1.165) is 28.0 Å². The summed E-state index contributed by atoms with van der Waals surface area (Å²) in [6.07, 6.45) is 3.43. The summed E-state index contributed by atoms with van der Waals surface area (Å²) in [5.74, 6) is 0.569. The first-order chi connectivity index (χ1) is 16.6. The standard InChI is InChI=1S/C28H29N3O2S/c1-21(27-9-6-16-34-27)31(2)19-25-17-24(23-7-4-3-5-8-23)10-11-26(25)33-20-28(32)30-18-22-12-14-29-15-13-22/h3-17,21H,18-20H2,1-2H3,(H,30,32)/t21-/m0/s1. The molecule has 0 fully saturated rings. The van der Waals surface area contributed by atoms with Crippen LogP contribution in [0.4, 0.5) is 0 Å². The second-order valence-corrected chi connectivity index (χ2v) is 9.20. The average molecular weight is 472 g/mol. The lowest BCUT2D eigenvalue weighted by molar-refractivity contribution is -0.123. The van der Waals surface area contributed by atoms with E-state index in [-0.39, 0.29) is 18.6 Å². The molecule has 0 saturated carbocycles. The van der Waals surface area contributed by atoms with Crippen molar-refractivity contribution in [3.05, 3.63) is 107 Å². The SMILES string of the molecule is C[C@@H](c1cccs1)N(C)Cc1cc(-c2ccccc2)ccc1OCC(=O)NCc1ccncc1. The number of carbonyl (C=O) groups excluding carboxylic acids is 1. The van der Waals surface area contributed by atoms with Gasteiger partial charge < -0.3 is 10.1 Å². The average Bonchev–Trinajstić information content (AvgIpc) is 3.42. The molecule has 2 aromatic heterocycles. The van der Waals surface area contributed by atoms with Crippen LogP contribution in [0.15, 0.2) is 90.6 Å². The predicted octanol–water partition coefficient (Wildman–Crippen LogP) is 5.70. The number of amides is 1. The number of nitrogens with one attached hydrogen (secondary N) is 1. The summed E-state index contributed by atoms with van der Waals surface area (Å²) in [6.45, 7) is 3.33. The molecule has 0 radical (unpaired) electrons. The number of hydrogen-bond donors (Lipinski definition) is 1. The minimum atomic E-state index is -0.157. The molecule has 174 valence electrons. The second kappa shape index (κ2) is 11.6. The summed E-state index contributed by atoms with van der Waals surface area (Å²) in [5.41, 5.74) is 4.33. The normalized spacial score (nSPS) is 11.9. The van der Waals surface area contributed by atoms with Crippen LogP contribution in [0, 0.1) is 0 Å². The molecule has 0 aliphatic heterocycles. The summed E-state index contributed by atoms with van der Waals surface area (Å²) in [5, 5.41) is 5.01. The van der Waals surface area contributed by atoms with Crippen LogP contribution in [0.5, 0.6) is 5.75 Å². The van der Waals surface area contributed by atoms with Crippen molar-refractivity contribution in [2.24, 2.45) is 0 Å². The Labute approximate surface area is 205 Å². The first kappa shape index (κ1) is 23.7. The summed E-state index contributed by atoms with van der Waals surface area (Å²) < 4.78 is 6.00. The van der Waals surface area contributed by atoms with Gasteiger partial charge in [0, 0.05) is 42.0 Å².